The lowest BCUT2D eigenvalue weighted by atomic mass is 9.91. The Morgan fingerprint density at radius 3 is 2.58 bits per heavy atom. The lowest BCUT2D eigenvalue weighted by Crippen LogP contribution is -2.32. The number of aliphatic hydroxyl groups excluding tert-OH is 1. The Hall–Kier alpha value is -3.72. The van der Waals surface area contributed by atoms with Crippen LogP contribution in [0.25, 0.3) is 33.3 Å². The summed E-state index contributed by atoms with van der Waals surface area (Å²) in [6, 6.07) is 14.1. The highest BCUT2D eigenvalue weighted by Gasteiger charge is 2.20. The van der Waals surface area contributed by atoms with E-state index in [0.717, 1.165) is 52.8 Å². The largest absolute Gasteiger partial charge is 0.481 e. The molecule has 40 heavy (non-hydrogen) atoms. The number of pyridine rings is 1. The molecule has 0 spiro atoms. The van der Waals surface area contributed by atoms with E-state index in [1.54, 1.807) is 14.0 Å². The molecule has 0 saturated heterocycles. The first-order chi connectivity index (χ1) is 18.7. The number of aryl methyl sites for hydroxylation is 1. The summed E-state index contributed by atoms with van der Waals surface area (Å²) in [6.07, 6.45) is 4.32. The second-order valence-corrected chi connectivity index (χ2v) is 10.5. The molecular weight excluding hydrogens is 528 g/mol. The summed E-state index contributed by atoms with van der Waals surface area (Å²) in [5.41, 5.74) is 9.34. The molecule has 8 nitrogen and oxygen atoms in total. The lowest BCUT2D eigenvalue weighted by Gasteiger charge is -2.30. The maximum atomic E-state index is 12.7. The van der Waals surface area contributed by atoms with Crippen LogP contribution in [0.2, 0.25) is 0 Å². The zero-order valence-corrected chi connectivity index (χ0v) is 23.8. The number of carbonyl (C=O) groups excluding carboxylic acids is 1. The summed E-state index contributed by atoms with van der Waals surface area (Å²) >= 11 is 0. The standard InChI is InChI=1S/C31H34N4O4.ClH/c1-19-12-24(13-23-8-10-35(18-28(19)23)11-9-29(37)38)25-14-26-27(16-33-30(26)32-15-25)21-4-6-22(7-5-21)31(39)34(3)17-20(2)36;/h4-7,12-16,20,36H,8-11,17-18H2,1-3H3,(H,32,33)(H,37,38);1H/t20-;/m0./s1. The molecule has 1 amide bonds. The number of carboxylic acids is 1. The number of H-pyrrole nitrogens is 1. The molecule has 0 fully saturated rings. The number of nitrogens with one attached hydrogen (secondary N) is 1. The van der Waals surface area contributed by atoms with Crippen LogP contribution in [0.1, 0.15) is 40.4 Å². The average Bonchev–Trinajstić information content (AvgIpc) is 3.34. The Balaban J connectivity index is 0.00000370. The van der Waals surface area contributed by atoms with Crippen LogP contribution in [0.3, 0.4) is 0 Å². The number of hydrogen-bond acceptors (Lipinski definition) is 5. The molecule has 2 aromatic heterocycles. The van der Waals surface area contributed by atoms with Gasteiger partial charge in [0.15, 0.2) is 0 Å². The summed E-state index contributed by atoms with van der Waals surface area (Å²) in [7, 11) is 1.69. The van der Waals surface area contributed by atoms with Gasteiger partial charge in [0, 0.05) is 67.7 Å². The zero-order chi connectivity index (χ0) is 27.7. The normalized spacial score (nSPS) is 13.9. The number of nitrogens with zero attached hydrogens (tertiary/aromatic N) is 3. The fourth-order valence-electron chi connectivity index (χ4n) is 5.42. The number of likely N-dealkylation sites (N-methyl/N-ethyl adjacent to an activating group) is 1. The third-order valence-electron chi connectivity index (χ3n) is 7.48. The number of benzene rings is 2. The second kappa shape index (κ2) is 12.2. The van der Waals surface area contributed by atoms with Gasteiger partial charge in [0.1, 0.15) is 5.65 Å². The van der Waals surface area contributed by atoms with Crippen LogP contribution in [0.15, 0.2) is 54.9 Å². The first-order valence-corrected chi connectivity index (χ1v) is 13.3. The van der Waals surface area contributed by atoms with E-state index in [0.29, 0.717) is 12.1 Å². The highest BCUT2D eigenvalue weighted by molar-refractivity contribution is 5.98. The lowest BCUT2D eigenvalue weighted by molar-refractivity contribution is -0.137. The van der Waals surface area contributed by atoms with Crippen LogP contribution in [-0.4, -0.2) is 74.6 Å². The van der Waals surface area contributed by atoms with Crippen molar-refractivity contribution in [2.24, 2.45) is 0 Å². The van der Waals surface area contributed by atoms with Gasteiger partial charge in [-0.1, -0.05) is 24.3 Å². The average molecular weight is 563 g/mol. The molecule has 1 aliphatic heterocycles. The van der Waals surface area contributed by atoms with Crippen LogP contribution >= 0.6 is 12.4 Å². The fourth-order valence-corrected chi connectivity index (χ4v) is 5.42. The minimum absolute atomic E-state index is 0. The molecule has 5 rings (SSSR count). The van der Waals surface area contributed by atoms with E-state index >= 15 is 0 Å². The Morgan fingerprint density at radius 2 is 1.88 bits per heavy atom. The summed E-state index contributed by atoms with van der Waals surface area (Å²) in [4.78, 5) is 35.4. The predicted octanol–water partition coefficient (Wildman–Crippen LogP) is 4.91. The van der Waals surface area contributed by atoms with Crippen LogP contribution in [0.5, 0.6) is 0 Å². The molecule has 0 saturated carbocycles. The van der Waals surface area contributed by atoms with Gasteiger partial charge in [-0.3, -0.25) is 14.5 Å². The second-order valence-electron chi connectivity index (χ2n) is 10.5. The van der Waals surface area contributed by atoms with Crippen molar-refractivity contribution in [1.29, 1.82) is 0 Å². The van der Waals surface area contributed by atoms with Crippen molar-refractivity contribution in [3.8, 4) is 22.3 Å². The summed E-state index contributed by atoms with van der Waals surface area (Å²) in [6.45, 7) is 6.27. The van der Waals surface area contributed by atoms with Crippen molar-refractivity contribution in [3.63, 3.8) is 0 Å². The van der Waals surface area contributed by atoms with Crippen molar-refractivity contribution in [1.82, 2.24) is 19.8 Å². The summed E-state index contributed by atoms with van der Waals surface area (Å²) in [5, 5.41) is 19.6. The topological polar surface area (TPSA) is 110 Å². The summed E-state index contributed by atoms with van der Waals surface area (Å²) in [5.74, 6) is -0.886. The highest BCUT2D eigenvalue weighted by Crippen LogP contribution is 2.34. The molecule has 1 atom stereocenters. The summed E-state index contributed by atoms with van der Waals surface area (Å²) < 4.78 is 0. The van der Waals surface area contributed by atoms with Crippen LogP contribution in [-0.2, 0) is 17.8 Å². The van der Waals surface area contributed by atoms with Gasteiger partial charge < -0.3 is 20.1 Å². The van der Waals surface area contributed by atoms with Crippen molar-refractivity contribution in [3.05, 3.63) is 77.1 Å². The maximum Gasteiger partial charge on any atom is 0.304 e. The molecule has 0 radical (unpaired) electrons. The molecular formula is C31H35ClN4O4. The van der Waals surface area contributed by atoms with E-state index in [-0.39, 0.29) is 31.3 Å². The third-order valence-corrected chi connectivity index (χ3v) is 7.48. The van der Waals surface area contributed by atoms with Crippen molar-refractivity contribution < 1.29 is 19.8 Å². The highest BCUT2D eigenvalue weighted by atomic mass is 35.5. The van der Waals surface area contributed by atoms with E-state index in [9.17, 15) is 14.7 Å². The number of aliphatic hydroxyl groups is 1. The first kappa shape index (κ1) is 29.3. The molecule has 4 aromatic rings. The smallest absolute Gasteiger partial charge is 0.304 e. The van der Waals surface area contributed by atoms with E-state index in [2.05, 4.69) is 35.0 Å². The predicted molar refractivity (Wildman–Crippen MR) is 159 cm³/mol. The fraction of sp³-hybridized carbons (Fsp3) is 0.323. The first-order valence-electron chi connectivity index (χ1n) is 13.3. The Kier molecular flexibility index (Phi) is 8.93. The molecule has 1 aliphatic rings. The SMILES string of the molecule is Cc1cc(-c2cnc3[nH]cc(-c4ccc(C(=O)N(C)C[C@H](C)O)cc4)c3c2)cc2c1CN(CCC(=O)O)CC2.Cl. The van der Waals surface area contributed by atoms with Gasteiger partial charge in [-0.2, -0.15) is 0 Å². The minimum atomic E-state index is -0.760. The van der Waals surface area contributed by atoms with Crippen LogP contribution in [0, 0.1) is 6.92 Å². The van der Waals surface area contributed by atoms with E-state index in [1.807, 2.05) is 36.7 Å². The van der Waals surface area contributed by atoms with Gasteiger partial charge in [0.05, 0.1) is 12.5 Å². The van der Waals surface area contributed by atoms with Gasteiger partial charge in [0.25, 0.3) is 5.91 Å². The maximum absolute atomic E-state index is 12.7. The number of aromatic amines is 1. The number of hydrogen-bond donors (Lipinski definition) is 3. The number of carboxylic acid groups (broad SMARTS) is 1. The van der Waals surface area contributed by atoms with Crippen LogP contribution in [0.4, 0.5) is 0 Å². The quantitative estimate of drug-likeness (QED) is 0.281. The molecule has 210 valence electrons. The van der Waals surface area contributed by atoms with E-state index in [4.69, 9.17) is 10.1 Å². The number of rotatable bonds is 8. The molecule has 0 aliphatic carbocycles. The molecule has 0 unspecified atom stereocenters. The number of aromatic nitrogens is 2. The van der Waals surface area contributed by atoms with Crippen LogP contribution < -0.4 is 0 Å². The Labute approximate surface area is 240 Å². The van der Waals surface area contributed by atoms with Gasteiger partial charge in [-0.05, 0) is 66.3 Å². The van der Waals surface area contributed by atoms with Crippen molar-refractivity contribution in [2.75, 3.05) is 26.7 Å². The number of halogens is 1. The Bertz CT molecular complexity index is 1530. The van der Waals surface area contributed by atoms with Crippen molar-refractivity contribution >= 4 is 35.3 Å². The molecule has 3 heterocycles. The number of carbonyl (C=O) groups is 2. The number of aliphatic carboxylic acids is 1. The number of amides is 1. The van der Waals surface area contributed by atoms with Crippen molar-refractivity contribution in [2.45, 2.75) is 39.3 Å². The van der Waals surface area contributed by atoms with E-state index < -0.39 is 12.1 Å². The van der Waals surface area contributed by atoms with Gasteiger partial charge in [0.2, 0.25) is 0 Å². The van der Waals surface area contributed by atoms with Gasteiger partial charge >= 0.3 is 5.97 Å². The Morgan fingerprint density at radius 1 is 1.12 bits per heavy atom. The minimum Gasteiger partial charge on any atom is -0.481 e. The van der Waals surface area contributed by atoms with Gasteiger partial charge in [-0.15, -0.1) is 12.4 Å². The number of fused-ring (bicyclic) bond motifs is 2. The zero-order valence-electron chi connectivity index (χ0n) is 23.0. The molecule has 3 N–H and O–H groups in total. The van der Waals surface area contributed by atoms with E-state index in [1.165, 1.54) is 21.6 Å². The third kappa shape index (κ3) is 6.20. The molecule has 2 aromatic carbocycles. The molecule has 9 heteroatoms. The monoisotopic (exact) mass is 562 g/mol. The molecule has 0 bridgehead atoms. The van der Waals surface area contributed by atoms with Gasteiger partial charge in [-0.25, -0.2) is 4.98 Å².